The minimum absolute atomic E-state index is 0.0509. The van der Waals surface area contributed by atoms with Crippen LogP contribution < -0.4 is 5.32 Å². The number of carbonyl (C=O) groups excluding carboxylic acids is 2. The van der Waals surface area contributed by atoms with E-state index in [-0.39, 0.29) is 23.9 Å². The van der Waals surface area contributed by atoms with Gasteiger partial charge in [-0.05, 0) is 38.5 Å². The second kappa shape index (κ2) is 6.37. The lowest BCUT2D eigenvalue weighted by atomic mass is 9.87. The number of nitrogens with one attached hydrogen (secondary N) is 1. The molecule has 0 bridgehead atoms. The lowest BCUT2D eigenvalue weighted by molar-refractivity contribution is -0.158. The van der Waals surface area contributed by atoms with Crippen molar-refractivity contribution < 1.29 is 9.59 Å². The molecule has 3 unspecified atom stereocenters. The van der Waals surface area contributed by atoms with Crippen molar-refractivity contribution in [3.63, 3.8) is 0 Å². The van der Waals surface area contributed by atoms with Crippen molar-refractivity contribution in [1.29, 1.82) is 0 Å². The van der Waals surface area contributed by atoms with E-state index >= 15 is 0 Å². The van der Waals surface area contributed by atoms with Gasteiger partial charge in [0.25, 0.3) is 0 Å². The molecular weight excluding hydrogens is 264 g/mol. The molecule has 1 aliphatic heterocycles. The first-order valence-corrected chi connectivity index (χ1v) is 8.60. The molecule has 120 valence electrons. The van der Waals surface area contributed by atoms with Crippen molar-refractivity contribution in [1.82, 2.24) is 10.2 Å². The Kier molecular flexibility index (Phi) is 4.95. The number of amides is 2. The van der Waals surface area contributed by atoms with Crippen LogP contribution in [0.2, 0.25) is 0 Å². The van der Waals surface area contributed by atoms with Crippen molar-refractivity contribution in [3.8, 4) is 0 Å². The van der Waals surface area contributed by atoms with Crippen molar-refractivity contribution in [2.75, 3.05) is 0 Å². The Morgan fingerprint density at radius 1 is 1.24 bits per heavy atom. The Hall–Kier alpha value is -1.06. The van der Waals surface area contributed by atoms with Gasteiger partial charge in [-0.1, -0.05) is 40.0 Å². The summed E-state index contributed by atoms with van der Waals surface area (Å²) >= 11 is 0. The van der Waals surface area contributed by atoms with Crippen LogP contribution >= 0.6 is 0 Å². The SMILES string of the molecule is CCC(C)CC(C)N1C(=O)C2(CCCC2)NC(=O)C1CC. The van der Waals surface area contributed by atoms with Crippen LogP contribution in [0.4, 0.5) is 0 Å². The van der Waals surface area contributed by atoms with Gasteiger partial charge in [-0.2, -0.15) is 0 Å². The van der Waals surface area contributed by atoms with Crippen LogP contribution in [0.25, 0.3) is 0 Å². The van der Waals surface area contributed by atoms with Gasteiger partial charge in [0.2, 0.25) is 11.8 Å². The molecule has 1 saturated carbocycles. The smallest absolute Gasteiger partial charge is 0.249 e. The van der Waals surface area contributed by atoms with Gasteiger partial charge in [0.15, 0.2) is 0 Å². The zero-order chi connectivity index (χ0) is 15.6. The molecule has 2 fully saturated rings. The fourth-order valence-electron chi connectivity index (χ4n) is 3.96. The maximum absolute atomic E-state index is 13.1. The normalized spacial score (nSPS) is 27.8. The molecule has 0 radical (unpaired) electrons. The lowest BCUT2D eigenvalue weighted by Crippen LogP contribution is -2.70. The Morgan fingerprint density at radius 3 is 2.38 bits per heavy atom. The summed E-state index contributed by atoms with van der Waals surface area (Å²) in [5, 5.41) is 3.06. The minimum Gasteiger partial charge on any atom is -0.340 e. The summed E-state index contributed by atoms with van der Waals surface area (Å²) in [5.74, 6) is 0.798. The highest BCUT2D eigenvalue weighted by Crippen LogP contribution is 2.36. The fourth-order valence-corrected chi connectivity index (χ4v) is 3.96. The molecule has 2 aliphatic rings. The van der Waals surface area contributed by atoms with E-state index in [4.69, 9.17) is 0 Å². The van der Waals surface area contributed by atoms with Crippen LogP contribution in [0.15, 0.2) is 0 Å². The van der Waals surface area contributed by atoms with Crippen molar-refractivity contribution >= 4 is 11.8 Å². The molecular formula is C17H30N2O2. The van der Waals surface area contributed by atoms with E-state index in [9.17, 15) is 9.59 Å². The van der Waals surface area contributed by atoms with Gasteiger partial charge in [0, 0.05) is 6.04 Å². The van der Waals surface area contributed by atoms with Crippen LogP contribution in [0.1, 0.15) is 72.6 Å². The molecule has 3 atom stereocenters. The highest BCUT2D eigenvalue weighted by Gasteiger charge is 2.52. The van der Waals surface area contributed by atoms with E-state index in [2.05, 4.69) is 26.1 Å². The summed E-state index contributed by atoms with van der Waals surface area (Å²) in [5.41, 5.74) is -0.591. The summed E-state index contributed by atoms with van der Waals surface area (Å²) < 4.78 is 0. The third-order valence-corrected chi connectivity index (χ3v) is 5.40. The average molecular weight is 294 g/mol. The van der Waals surface area contributed by atoms with E-state index in [0.29, 0.717) is 12.3 Å². The van der Waals surface area contributed by atoms with Crippen molar-refractivity contribution in [2.45, 2.75) is 90.3 Å². The number of carbonyl (C=O) groups is 2. The molecule has 21 heavy (non-hydrogen) atoms. The summed E-state index contributed by atoms with van der Waals surface area (Å²) in [6.07, 6.45) is 6.47. The minimum atomic E-state index is -0.591. The zero-order valence-corrected chi connectivity index (χ0v) is 13.9. The number of hydrogen-bond acceptors (Lipinski definition) is 2. The van der Waals surface area contributed by atoms with Gasteiger partial charge in [-0.25, -0.2) is 0 Å². The summed E-state index contributed by atoms with van der Waals surface area (Å²) in [6, 6.07) is -0.149. The van der Waals surface area contributed by atoms with E-state index in [1.165, 1.54) is 0 Å². The largest absolute Gasteiger partial charge is 0.340 e. The molecule has 2 rings (SSSR count). The van der Waals surface area contributed by atoms with Crippen molar-refractivity contribution in [3.05, 3.63) is 0 Å². The fraction of sp³-hybridized carbons (Fsp3) is 0.882. The highest BCUT2D eigenvalue weighted by atomic mass is 16.2. The summed E-state index contributed by atoms with van der Waals surface area (Å²) in [6.45, 7) is 8.50. The maximum Gasteiger partial charge on any atom is 0.249 e. The van der Waals surface area contributed by atoms with Crippen LogP contribution in [0.5, 0.6) is 0 Å². The number of nitrogens with zero attached hydrogens (tertiary/aromatic N) is 1. The first kappa shape index (κ1) is 16.3. The second-order valence-electron chi connectivity index (χ2n) is 7.01. The van der Waals surface area contributed by atoms with Gasteiger partial charge < -0.3 is 10.2 Å². The number of rotatable bonds is 5. The first-order chi connectivity index (χ1) is 9.95. The lowest BCUT2D eigenvalue weighted by Gasteiger charge is -2.47. The summed E-state index contributed by atoms with van der Waals surface area (Å²) in [4.78, 5) is 27.5. The molecule has 0 aromatic heterocycles. The molecule has 1 N–H and O–H groups in total. The molecule has 2 amide bonds. The van der Waals surface area contributed by atoms with E-state index in [0.717, 1.165) is 38.5 Å². The van der Waals surface area contributed by atoms with Gasteiger partial charge in [0.05, 0.1) is 0 Å². The molecule has 0 aromatic rings. The van der Waals surface area contributed by atoms with Gasteiger partial charge in [0.1, 0.15) is 11.6 Å². The predicted molar refractivity (Wildman–Crippen MR) is 83.8 cm³/mol. The molecule has 4 heteroatoms. The van der Waals surface area contributed by atoms with Gasteiger partial charge in [-0.3, -0.25) is 9.59 Å². The molecule has 0 aromatic carbocycles. The molecule has 1 heterocycles. The third kappa shape index (κ3) is 2.95. The summed E-state index contributed by atoms with van der Waals surface area (Å²) in [7, 11) is 0. The van der Waals surface area contributed by atoms with E-state index in [1.54, 1.807) is 0 Å². The second-order valence-corrected chi connectivity index (χ2v) is 7.01. The molecule has 4 nitrogen and oxygen atoms in total. The quantitative estimate of drug-likeness (QED) is 0.847. The Bertz CT molecular complexity index is 402. The van der Waals surface area contributed by atoms with E-state index in [1.807, 2.05) is 11.8 Å². The highest BCUT2D eigenvalue weighted by molar-refractivity contribution is 6.00. The van der Waals surface area contributed by atoms with Crippen LogP contribution in [0.3, 0.4) is 0 Å². The standard InChI is InChI=1S/C17H30N2O2/c1-5-12(3)11-13(4)19-14(6-2)15(20)18-17(16(19)21)9-7-8-10-17/h12-14H,5-11H2,1-4H3,(H,18,20). The van der Waals surface area contributed by atoms with Gasteiger partial charge in [-0.15, -0.1) is 0 Å². The monoisotopic (exact) mass is 294 g/mol. The maximum atomic E-state index is 13.1. The molecule has 1 aliphatic carbocycles. The zero-order valence-electron chi connectivity index (χ0n) is 13.9. The van der Waals surface area contributed by atoms with Crippen LogP contribution in [0, 0.1) is 5.92 Å². The number of hydrogen-bond donors (Lipinski definition) is 1. The Morgan fingerprint density at radius 2 is 1.86 bits per heavy atom. The molecule has 1 spiro atoms. The average Bonchev–Trinajstić information content (AvgIpc) is 2.91. The third-order valence-electron chi connectivity index (χ3n) is 5.40. The Labute approximate surface area is 128 Å². The van der Waals surface area contributed by atoms with E-state index < -0.39 is 5.54 Å². The predicted octanol–water partition coefficient (Wildman–Crippen LogP) is 2.86. The van der Waals surface area contributed by atoms with Crippen LogP contribution in [-0.4, -0.2) is 34.3 Å². The topological polar surface area (TPSA) is 49.4 Å². The Balaban J connectivity index is 2.24. The molecule has 1 saturated heterocycles. The number of piperazine rings is 1. The first-order valence-electron chi connectivity index (χ1n) is 8.60. The van der Waals surface area contributed by atoms with Crippen molar-refractivity contribution in [2.24, 2.45) is 5.92 Å². The van der Waals surface area contributed by atoms with Crippen LogP contribution in [-0.2, 0) is 9.59 Å². The van der Waals surface area contributed by atoms with Gasteiger partial charge >= 0.3 is 0 Å².